The molecule has 0 amide bonds. The number of aromatic amines is 1. The van der Waals surface area contributed by atoms with Crippen LogP contribution < -0.4 is 5.56 Å². The van der Waals surface area contributed by atoms with Crippen LogP contribution in [0, 0.1) is 5.82 Å². The molecule has 1 N–H and O–H groups in total. The first-order valence-electron chi connectivity index (χ1n) is 6.98. The molecular weight excluding hydrogens is 352 g/mol. The summed E-state index contributed by atoms with van der Waals surface area (Å²) < 4.78 is 15.0. The monoisotopic (exact) mass is 359 g/mol. The Morgan fingerprint density at radius 3 is 2.62 bits per heavy atom. The third kappa shape index (κ3) is 2.25. The Balaban J connectivity index is 2.12. The van der Waals surface area contributed by atoms with Gasteiger partial charge in [0.25, 0.3) is 5.56 Å². The summed E-state index contributed by atoms with van der Waals surface area (Å²) in [5, 5.41) is 1.88. The molecule has 0 saturated carbocycles. The van der Waals surface area contributed by atoms with Gasteiger partial charge in [-0.05, 0) is 23.1 Å². The van der Waals surface area contributed by atoms with Gasteiger partial charge in [-0.25, -0.2) is 9.37 Å². The molecule has 2 aromatic carbocycles. The van der Waals surface area contributed by atoms with E-state index >= 15 is 0 Å². The SMILES string of the molecule is O=c1[nH]c(Cl)nc2c(F)c(-c3cccc4cccc(Cl)c34)ncc12. The van der Waals surface area contributed by atoms with E-state index in [1.807, 2.05) is 18.2 Å². The third-order valence-electron chi connectivity index (χ3n) is 3.77. The number of aromatic nitrogens is 3. The summed E-state index contributed by atoms with van der Waals surface area (Å²) in [6, 6.07) is 10.8. The molecule has 0 unspecified atom stereocenters. The minimum Gasteiger partial charge on any atom is -0.297 e. The molecule has 4 nitrogen and oxygen atoms in total. The molecule has 118 valence electrons. The number of nitrogens with zero attached hydrogens (tertiary/aromatic N) is 2. The van der Waals surface area contributed by atoms with Gasteiger partial charge in [0.2, 0.25) is 5.28 Å². The topological polar surface area (TPSA) is 58.6 Å². The molecule has 24 heavy (non-hydrogen) atoms. The van der Waals surface area contributed by atoms with Gasteiger partial charge in [-0.15, -0.1) is 0 Å². The molecule has 0 aliphatic heterocycles. The quantitative estimate of drug-likeness (QED) is 0.506. The Hall–Kier alpha value is -2.50. The number of fused-ring (bicyclic) bond motifs is 2. The number of pyridine rings is 1. The van der Waals surface area contributed by atoms with Crippen molar-refractivity contribution in [2.75, 3.05) is 0 Å². The minimum absolute atomic E-state index is 0.0342. The molecule has 0 fully saturated rings. The lowest BCUT2D eigenvalue weighted by molar-refractivity contribution is 0.634. The Labute approximate surface area is 144 Å². The molecule has 7 heteroatoms. The van der Waals surface area contributed by atoms with Crippen LogP contribution in [0.5, 0.6) is 0 Å². The van der Waals surface area contributed by atoms with E-state index in [1.54, 1.807) is 18.2 Å². The van der Waals surface area contributed by atoms with Crippen molar-refractivity contribution in [2.24, 2.45) is 0 Å². The fourth-order valence-electron chi connectivity index (χ4n) is 2.72. The van der Waals surface area contributed by atoms with E-state index in [4.69, 9.17) is 23.2 Å². The molecule has 0 aliphatic rings. The highest BCUT2D eigenvalue weighted by molar-refractivity contribution is 6.36. The zero-order valence-electron chi connectivity index (χ0n) is 12.0. The van der Waals surface area contributed by atoms with Gasteiger partial charge in [-0.3, -0.25) is 14.8 Å². The van der Waals surface area contributed by atoms with Gasteiger partial charge >= 0.3 is 0 Å². The predicted molar refractivity (Wildman–Crippen MR) is 93.1 cm³/mol. The number of halogens is 3. The first kappa shape index (κ1) is 15.1. The van der Waals surface area contributed by atoms with Crippen molar-refractivity contribution >= 4 is 44.9 Å². The summed E-state index contributed by atoms with van der Waals surface area (Å²) in [6.45, 7) is 0. The van der Waals surface area contributed by atoms with Crippen molar-refractivity contribution in [3.63, 3.8) is 0 Å². The lowest BCUT2D eigenvalue weighted by Gasteiger charge is -2.10. The maximum absolute atomic E-state index is 15.0. The summed E-state index contributed by atoms with van der Waals surface area (Å²) >= 11 is 12.0. The van der Waals surface area contributed by atoms with Crippen LogP contribution in [0.3, 0.4) is 0 Å². The highest BCUT2D eigenvalue weighted by Gasteiger charge is 2.17. The summed E-state index contributed by atoms with van der Waals surface area (Å²) in [6.07, 6.45) is 1.28. The molecule has 2 aromatic heterocycles. The van der Waals surface area contributed by atoms with E-state index in [0.29, 0.717) is 16.0 Å². The number of nitrogens with one attached hydrogen (secondary N) is 1. The smallest absolute Gasteiger partial charge is 0.261 e. The fraction of sp³-hybridized carbons (Fsp3) is 0. The summed E-state index contributed by atoms with van der Waals surface area (Å²) in [7, 11) is 0. The van der Waals surface area contributed by atoms with Crippen LogP contribution in [-0.4, -0.2) is 15.0 Å². The van der Waals surface area contributed by atoms with E-state index in [2.05, 4.69) is 15.0 Å². The lowest BCUT2D eigenvalue weighted by atomic mass is 10.0. The van der Waals surface area contributed by atoms with Crippen LogP contribution in [0.4, 0.5) is 4.39 Å². The van der Waals surface area contributed by atoms with Gasteiger partial charge in [-0.2, -0.15) is 0 Å². The highest BCUT2D eigenvalue weighted by atomic mass is 35.5. The van der Waals surface area contributed by atoms with Crippen molar-refractivity contribution in [1.29, 1.82) is 0 Å². The lowest BCUT2D eigenvalue weighted by Crippen LogP contribution is -2.10. The largest absolute Gasteiger partial charge is 0.297 e. The first-order valence-corrected chi connectivity index (χ1v) is 7.73. The molecule has 0 saturated heterocycles. The number of H-pyrrole nitrogens is 1. The van der Waals surface area contributed by atoms with Crippen LogP contribution in [-0.2, 0) is 0 Å². The van der Waals surface area contributed by atoms with Crippen molar-refractivity contribution in [3.8, 4) is 11.3 Å². The van der Waals surface area contributed by atoms with Crippen LogP contribution >= 0.6 is 23.2 Å². The van der Waals surface area contributed by atoms with Gasteiger partial charge < -0.3 is 0 Å². The van der Waals surface area contributed by atoms with Crippen LogP contribution in [0.1, 0.15) is 0 Å². The Bertz CT molecular complexity index is 1170. The molecule has 0 bridgehead atoms. The third-order valence-corrected chi connectivity index (χ3v) is 4.27. The average molecular weight is 360 g/mol. The Morgan fingerprint density at radius 2 is 1.83 bits per heavy atom. The average Bonchev–Trinajstić information content (AvgIpc) is 2.56. The zero-order valence-corrected chi connectivity index (χ0v) is 13.5. The molecule has 2 heterocycles. The summed E-state index contributed by atoms with van der Waals surface area (Å²) in [5.74, 6) is -0.715. The zero-order chi connectivity index (χ0) is 16.8. The number of hydrogen-bond donors (Lipinski definition) is 1. The van der Waals surface area contributed by atoms with Gasteiger partial charge in [0.1, 0.15) is 11.2 Å². The maximum atomic E-state index is 15.0. The second-order valence-electron chi connectivity index (χ2n) is 5.18. The molecule has 0 aliphatic carbocycles. The summed E-state index contributed by atoms with van der Waals surface area (Å²) in [5.41, 5.74) is -0.0808. The minimum atomic E-state index is -0.715. The van der Waals surface area contributed by atoms with Crippen LogP contribution in [0.2, 0.25) is 10.3 Å². The van der Waals surface area contributed by atoms with Crippen molar-refractivity contribution in [2.45, 2.75) is 0 Å². The maximum Gasteiger partial charge on any atom is 0.261 e. The Kier molecular flexibility index (Phi) is 3.48. The molecule has 0 atom stereocenters. The van der Waals surface area contributed by atoms with Crippen molar-refractivity contribution < 1.29 is 4.39 Å². The second kappa shape index (κ2) is 5.54. The van der Waals surface area contributed by atoms with Gasteiger partial charge in [0.05, 0.1) is 5.39 Å². The van der Waals surface area contributed by atoms with E-state index in [-0.39, 0.29) is 21.9 Å². The standard InChI is InChI=1S/C17H8Cl2FN3O/c18-11-6-2-4-8-3-1-5-9(12(8)11)14-13(20)15-10(7-21-14)16(24)23-17(19)22-15/h1-7H,(H,22,23,24). The molecule has 0 radical (unpaired) electrons. The molecule has 4 aromatic rings. The first-order chi connectivity index (χ1) is 11.6. The summed E-state index contributed by atoms with van der Waals surface area (Å²) in [4.78, 5) is 22.2. The van der Waals surface area contributed by atoms with Crippen molar-refractivity contribution in [3.05, 3.63) is 69.1 Å². The predicted octanol–water partition coefficient (Wildman–Crippen LogP) is 4.58. The number of benzene rings is 2. The second-order valence-corrected chi connectivity index (χ2v) is 5.95. The molecule has 0 spiro atoms. The van der Waals surface area contributed by atoms with Crippen molar-refractivity contribution in [1.82, 2.24) is 15.0 Å². The van der Waals surface area contributed by atoms with E-state index < -0.39 is 11.4 Å². The number of rotatable bonds is 1. The van der Waals surface area contributed by atoms with Gasteiger partial charge in [0.15, 0.2) is 5.82 Å². The van der Waals surface area contributed by atoms with E-state index in [0.717, 1.165) is 5.39 Å². The van der Waals surface area contributed by atoms with E-state index in [1.165, 1.54) is 6.20 Å². The van der Waals surface area contributed by atoms with Crippen LogP contribution in [0.15, 0.2) is 47.4 Å². The van der Waals surface area contributed by atoms with Crippen LogP contribution in [0.25, 0.3) is 32.9 Å². The highest BCUT2D eigenvalue weighted by Crippen LogP contribution is 2.35. The fourth-order valence-corrected chi connectivity index (χ4v) is 3.17. The molecular formula is C17H8Cl2FN3O. The van der Waals surface area contributed by atoms with E-state index in [9.17, 15) is 9.18 Å². The Morgan fingerprint density at radius 1 is 1.08 bits per heavy atom. The molecule has 4 rings (SSSR count). The van der Waals surface area contributed by atoms with Gasteiger partial charge in [0, 0.05) is 22.2 Å². The van der Waals surface area contributed by atoms with Gasteiger partial charge in [-0.1, -0.05) is 41.9 Å². The number of hydrogen-bond acceptors (Lipinski definition) is 3. The normalized spacial score (nSPS) is 11.3.